The molecule has 1 heterocycles. The molecule has 0 bridgehead atoms. The molecule has 1 aromatic carbocycles. The quantitative estimate of drug-likeness (QED) is 0.810. The van der Waals surface area contributed by atoms with Crippen molar-refractivity contribution in [3.63, 3.8) is 0 Å². The van der Waals surface area contributed by atoms with Gasteiger partial charge in [-0.05, 0) is 49.3 Å². The highest BCUT2D eigenvalue weighted by Crippen LogP contribution is 2.30. The summed E-state index contributed by atoms with van der Waals surface area (Å²) in [5.74, 6) is 1.79. The standard InChI is InChI=1S/C13H15NO/c1-9-6-11-4-5-12(7-13(11)14-9)15-8-10-2-3-10/h4-7,10,14H,2-3,8H2,1H3. The molecule has 1 aliphatic rings. The van der Waals surface area contributed by atoms with E-state index in [4.69, 9.17) is 4.74 Å². The lowest BCUT2D eigenvalue weighted by Gasteiger charge is -2.04. The van der Waals surface area contributed by atoms with Crippen molar-refractivity contribution in [2.24, 2.45) is 5.92 Å². The van der Waals surface area contributed by atoms with Crippen LogP contribution < -0.4 is 4.74 Å². The van der Waals surface area contributed by atoms with Crippen LogP contribution in [0.1, 0.15) is 18.5 Å². The molecule has 2 nitrogen and oxygen atoms in total. The fourth-order valence-corrected chi connectivity index (χ4v) is 1.84. The predicted octanol–water partition coefficient (Wildman–Crippen LogP) is 3.27. The van der Waals surface area contributed by atoms with Gasteiger partial charge in [-0.15, -0.1) is 0 Å². The average Bonchev–Trinajstić information content (AvgIpc) is 2.96. The Balaban J connectivity index is 1.84. The third-order valence-corrected chi connectivity index (χ3v) is 2.91. The van der Waals surface area contributed by atoms with Crippen molar-refractivity contribution in [3.05, 3.63) is 30.0 Å². The zero-order chi connectivity index (χ0) is 10.3. The van der Waals surface area contributed by atoms with Gasteiger partial charge in [0.1, 0.15) is 5.75 Å². The van der Waals surface area contributed by atoms with Gasteiger partial charge in [0.05, 0.1) is 6.61 Å². The minimum atomic E-state index is 0.811. The summed E-state index contributed by atoms with van der Waals surface area (Å²) in [7, 11) is 0. The van der Waals surface area contributed by atoms with E-state index < -0.39 is 0 Å². The highest BCUT2D eigenvalue weighted by Gasteiger charge is 2.21. The summed E-state index contributed by atoms with van der Waals surface area (Å²) in [6.07, 6.45) is 2.67. The fraction of sp³-hybridized carbons (Fsp3) is 0.385. The molecule has 2 aromatic rings. The molecular weight excluding hydrogens is 186 g/mol. The summed E-state index contributed by atoms with van der Waals surface area (Å²) in [5, 5.41) is 1.26. The van der Waals surface area contributed by atoms with Crippen LogP contribution in [-0.4, -0.2) is 11.6 Å². The van der Waals surface area contributed by atoms with Crippen molar-refractivity contribution >= 4 is 10.9 Å². The van der Waals surface area contributed by atoms with E-state index in [9.17, 15) is 0 Å². The Kier molecular flexibility index (Phi) is 1.94. The predicted molar refractivity (Wildman–Crippen MR) is 61.3 cm³/mol. The number of fused-ring (bicyclic) bond motifs is 1. The first-order chi connectivity index (χ1) is 7.31. The highest BCUT2D eigenvalue weighted by molar-refractivity contribution is 5.81. The summed E-state index contributed by atoms with van der Waals surface area (Å²) < 4.78 is 5.73. The van der Waals surface area contributed by atoms with E-state index in [0.29, 0.717) is 0 Å². The van der Waals surface area contributed by atoms with E-state index in [-0.39, 0.29) is 0 Å². The number of aromatic nitrogens is 1. The molecular formula is C13H15NO. The van der Waals surface area contributed by atoms with Gasteiger partial charge in [0, 0.05) is 17.3 Å². The molecule has 78 valence electrons. The zero-order valence-corrected chi connectivity index (χ0v) is 8.92. The second-order valence-corrected chi connectivity index (χ2v) is 4.46. The number of nitrogens with one attached hydrogen (secondary N) is 1. The van der Waals surface area contributed by atoms with Gasteiger partial charge in [-0.2, -0.15) is 0 Å². The average molecular weight is 201 g/mol. The van der Waals surface area contributed by atoms with Crippen molar-refractivity contribution in [2.45, 2.75) is 19.8 Å². The van der Waals surface area contributed by atoms with Crippen LogP contribution in [0.4, 0.5) is 0 Å². The van der Waals surface area contributed by atoms with Gasteiger partial charge in [-0.3, -0.25) is 0 Å². The van der Waals surface area contributed by atoms with E-state index in [1.165, 1.54) is 29.4 Å². The summed E-state index contributed by atoms with van der Waals surface area (Å²) in [5.41, 5.74) is 2.37. The smallest absolute Gasteiger partial charge is 0.121 e. The summed E-state index contributed by atoms with van der Waals surface area (Å²) in [4.78, 5) is 3.32. The molecule has 0 saturated heterocycles. The Bertz CT molecular complexity index is 482. The molecule has 0 unspecified atom stereocenters. The molecule has 2 heteroatoms. The largest absolute Gasteiger partial charge is 0.493 e. The number of aryl methyl sites for hydroxylation is 1. The number of hydrogen-bond acceptors (Lipinski definition) is 1. The van der Waals surface area contributed by atoms with Gasteiger partial charge in [-0.25, -0.2) is 0 Å². The van der Waals surface area contributed by atoms with Gasteiger partial charge >= 0.3 is 0 Å². The van der Waals surface area contributed by atoms with Crippen LogP contribution in [0.5, 0.6) is 5.75 Å². The van der Waals surface area contributed by atoms with E-state index in [2.05, 4.69) is 36.2 Å². The van der Waals surface area contributed by atoms with Crippen LogP contribution in [0.15, 0.2) is 24.3 Å². The van der Waals surface area contributed by atoms with Crippen LogP contribution in [0.3, 0.4) is 0 Å². The number of aromatic amines is 1. The van der Waals surface area contributed by atoms with Gasteiger partial charge in [0.2, 0.25) is 0 Å². The molecule has 1 N–H and O–H groups in total. The van der Waals surface area contributed by atoms with Gasteiger partial charge in [0.15, 0.2) is 0 Å². The summed E-state index contributed by atoms with van der Waals surface area (Å²) >= 11 is 0. The van der Waals surface area contributed by atoms with Crippen molar-refractivity contribution in [1.82, 2.24) is 4.98 Å². The molecule has 1 saturated carbocycles. The minimum absolute atomic E-state index is 0.811. The van der Waals surface area contributed by atoms with Gasteiger partial charge in [-0.1, -0.05) is 0 Å². The molecule has 1 aliphatic carbocycles. The summed E-state index contributed by atoms with van der Waals surface area (Å²) in [6, 6.07) is 8.41. The first-order valence-corrected chi connectivity index (χ1v) is 5.53. The number of benzene rings is 1. The first kappa shape index (κ1) is 8.84. The Morgan fingerprint density at radius 3 is 3.00 bits per heavy atom. The van der Waals surface area contributed by atoms with E-state index in [1.54, 1.807) is 0 Å². The lowest BCUT2D eigenvalue weighted by atomic mass is 10.2. The third kappa shape index (κ3) is 1.84. The number of H-pyrrole nitrogens is 1. The Hall–Kier alpha value is -1.44. The molecule has 0 amide bonds. The van der Waals surface area contributed by atoms with Crippen molar-refractivity contribution in [1.29, 1.82) is 0 Å². The maximum absolute atomic E-state index is 5.73. The monoisotopic (exact) mass is 201 g/mol. The SMILES string of the molecule is Cc1cc2ccc(OCC3CC3)cc2[nH]1. The number of ether oxygens (including phenoxy) is 1. The molecule has 0 radical (unpaired) electrons. The van der Waals surface area contributed by atoms with Crippen LogP contribution in [0.2, 0.25) is 0 Å². The molecule has 3 rings (SSSR count). The topological polar surface area (TPSA) is 25.0 Å². The fourth-order valence-electron chi connectivity index (χ4n) is 1.84. The van der Waals surface area contributed by atoms with Gasteiger partial charge in [0.25, 0.3) is 0 Å². The molecule has 0 spiro atoms. The second-order valence-electron chi connectivity index (χ2n) is 4.46. The third-order valence-electron chi connectivity index (χ3n) is 2.91. The van der Waals surface area contributed by atoms with Crippen LogP contribution in [0, 0.1) is 12.8 Å². The molecule has 0 atom stereocenters. The maximum Gasteiger partial charge on any atom is 0.121 e. The molecule has 0 aliphatic heterocycles. The molecule has 1 aromatic heterocycles. The summed E-state index contributed by atoms with van der Waals surface area (Å²) in [6.45, 7) is 2.95. The zero-order valence-electron chi connectivity index (χ0n) is 8.92. The Labute approximate surface area is 89.3 Å². The van der Waals surface area contributed by atoms with E-state index >= 15 is 0 Å². The molecule has 15 heavy (non-hydrogen) atoms. The van der Waals surface area contributed by atoms with Crippen LogP contribution in [-0.2, 0) is 0 Å². The molecule has 1 fully saturated rings. The van der Waals surface area contributed by atoms with Crippen molar-refractivity contribution < 1.29 is 4.74 Å². The number of rotatable bonds is 3. The normalized spacial score (nSPS) is 15.8. The van der Waals surface area contributed by atoms with Crippen molar-refractivity contribution in [3.8, 4) is 5.75 Å². The minimum Gasteiger partial charge on any atom is -0.493 e. The van der Waals surface area contributed by atoms with Crippen LogP contribution in [0.25, 0.3) is 10.9 Å². The number of hydrogen-bond donors (Lipinski definition) is 1. The van der Waals surface area contributed by atoms with E-state index in [1.807, 2.05) is 0 Å². The second kappa shape index (κ2) is 3.30. The Morgan fingerprint density at radius 2 is 2.20 bits per heavy atom. The van der Waals surface area contributed by atoms with Crippen molar-refractivity contribution in [2.75, 3.05) is 6.61 Å². The lowest BCUT2D eigenvalue weighted by molar-refractivity contribution is 0.300. The highest BCUT2D eigenvalue weighted by atomic mass is 16.5. The van der Waals surface area contributed by atoms with Crippen LogP contribution >= 0.6 is 0 Å². The maximum atomic E-state index is 5.73. The van der Waals surface area contributed by atoms with Gasteiger partial charge < -0.3 is 9.72 Å². The van der Waals surface area contributed by atoms with E-state index in [0.717, 1.165) is 18.3 Å². The Morgan fingerprint density at radius 1 is 1.33 bits per heavy atom. The lowest BCUT2D eigenvalue weighted by Crippen LogP contribution is -1.98. The first-order valence-electron chi connectivity index (χ1n) is 5.53.